The molecule has 68 heavy (non-hydrogen) atoms. The van der Waals surface area contributed by atoms with E-state index in [1.165, 1.54) is 20.9 Å². The number of carbonyl (C=O) groups is 8. The van der Waals surface area contributed by atoms with Crippen LogP contribution in [-0.4, -0.2) is 93.6 Å². The predicted octanol–water partition coefficient (Wildman–Crippen LogP) is 5.29. The Labute approximate surface area is 412 Å². The van der Waals surface area contributed by atoms with Gasteiger partial charge in [-0.05, 0) is 115 Å². The highest BCUT2D eigenvalue weighted by atomic mass is 79.9. The second-order valence-corrected chi connectivity index (χ2v) is 21.0. The van der Waals surface area contributed by atoms with Gasteiger partial charge in [0.2, 0.25) is 41.4 Å². The van der Waals surface area contributed by atoms with Crippen LogP contribution in [0.1, 0.15) is 145 Å². The topological polar surface area (TPSA) is 233 Å². The van der Waals surface area contributed by atoms with E-state index in [1.807, 2.05) is 31.2 Å². The number of aryl methyl sites for hydroxylation is 1. The molecule has 0 spiro atoms. The monoisotopic (exact) mass is 1010 g/mol. The number of hydrogen-bond donors (Lipinski definition) is 8. The summed E-state index contributed by atoms with van der Waals surface area (Å²) in [5, 5.41) is 22.7. The number of benzene rings is 2. The smallest absolute Gasteiger partial charge is 0.252 e. The van der Waals surface area contributed by atoms with Gasteiger partial charge in [-0.2, -0.15) is 0 Å². The van der Waals surface area contributed by atoms with Crippen molar-refractivity contribution in [1.82, 2.24) is 42.5 Å². The average molecular weight is 1010 g/mol. The Kier molecular flexibility index (Phi) is 20.2. The van der Waals surface area contributed by atoms with E-state index >= 15 is 0 Å². The van der Waals surface area contributed by atoms with Crippen molar-refractivity contribution in [1.29, 1.82) is 0 Å². The van der Waals surface area contributed by atoms with Crippen LogP contribution in [0.2, 0.25) is 0 Å². The van der Waals surface area contributed by atoms with Gasteiger partial charge in [-0.3, -0.25) is 38.4 Å². The number of rotatable bonds is 23. The van der Waals surface area contributed by atoms with Crippen LogP contribution in [0, 0.1) is 24.7 Å². The van der Waals surface area contributed by atoms with Crippen LogP contribution in [-0.2, 0) is 40.0 Å². The van der Waals surface area contributed by atoms with Crippen LogP contribution < -0.4 is 42.5 Å². The van der Waals surface area contributed by atoms with E-state index < -0.39 is 104 Å². The molecule has 8 amide bonds. The minimum atomic E-state index is -1.66. The summed E-state index contributed by atoms with van der Waals surface area (Å²) in [7, 11) is 1.47. The molecule has 0 radical (unpaired) electrons. The predicted molar refractivity (Wildman–Crippen MR) is 269 cm³/mol. The number of amides is 8. The van der Waals surface area contributed by atoms with Gasteiger partial charge < -0.3 is 42.5 Å². The number of nitrogens with one attached hydrogen (secondary N) is 8. The Morgan fingerprint density at radius 3 is 1.38 bits per heavy atom. The molecule has 0 aromatic heterocycles. The van der Waals surface area contributed by atoms with Crippen LogP contribution in [0.25, 0.3) is 0 Å². The van der Waals surface area contributed by atoms with Crippen LogP contribution in [0.4, 0.5) is 0 Å². The molecule has 0 fully saturated rings. The highest BCUT2D eigenvalue weighted by Crippen LogP contribution is 2.26. The Balaban J connectivity index is 2.51. The van der Waals surface area contributed by atoms with Crippen molar-refractivity contribution < 1.29 is 38.4 Å². The Bertz CT molecular complexity index is 2200. The van der Waals surface area contributed by atoms with Crippen molar-refractivity contribution in [2.24, 2.45) is 17.8 Å². The Morgan fingerprint density at radius 1 is 0.529 bits per heavy atom. The first kappa shape index (κ1) is 58.8. The molecule has 7 atom stereocenters. The highest BCUT2D eigenvalue weighted by molar-refractivity contribution is 9.10. The second kappa shape index (κ2) is 23.3. The molecule has 0 saturated heterocycles. The molecule has 16 nitrogen and oxygen atoms in total. The zero-order chi connectivity index (χ0) is 52.4. The molecule has 8 N–H and O–H groups in total. The van der Waals surface area contributed by atoms with Gasteiger partial charge in [0.15, 0.2) is 0 Å². The van der Waals surface area contributed by atoms with E-state index in [0.717, 1.165) is 11.1 Å². The van der Waals surface area contributed by atoms with E-state index in [9.17, 15) is 38.4 Å². The van der Waals surface area contributed by atoms with Crippen molar-refractivity contribution in [3.8, 4) is 0 Å². The summed E-state index contributed by atoms with van der Waals surface area (Å²) in [6.45, 7) is 26.9. The number of likely N-dealkylation sites (N-methyl/N-ethyl adjacent to an activating group) is 1. The van der Waals surface area contributed by atoms with Crippen molar-refractivity contribution in [3.63, 3.8) is 0 Å². The highest BCUT2D eigenvalue weighted by Gasteiger charge is 2.49. The summed E-state index contributed by atoms with van der Waals surface area (Å²) in [6, 6.07) is 12.9. The molecule has 378 valence electrons. The quantitative estimate of drug-likeness (QED) is 0.0727. The first-order valence-corrected chi connectivity index (χ1v) is 24.4. The summed E-state index contributed by atoms with van der Waals surface area (Å²) >= 11 is 3.37. The lowest BCUT2D eigenvalue weighted by molar-refractivity contribution is -0.144. The maximum atomic E-state index is 14.7. The second-order valence-electron chi connectivity index (χ2n) is 20.1. The fourth-order valence-electron chi connectivity index (χ4n) is 6.96. The lowest BCUT2D eigenvalue weighted by Gasteiger charge is -2.42. The summed E-state index contributed by atoms with van der Waals surface area (Å²) in [5.41, 5.74) is -7.17. The molecular weight excluding hydrogens is 933 g/mol. The fraction of sp³-hybridized carbons (Fsp3) is 0.608. The zero-order valence-electron chi connectivity index (χ0n) is 43.4. The molecule has 0 unspecified atom stereocenters. The third-order valence-corrected chi connectivity index (χ3v) is 14.9. The van der Waals surface area contributed by atoms with Gasteiger partial charge in [-0.1, -0.05) is 109 Å². The standard InChI is InChI=1S/C51H79BrN8O8/c1-18-46(11,40(63)53-17)57-44(67)50(15,31(6)7)56-39(62)37(29-34-25-22-21-24-33(34)10)54-43(66)49(14,30(4)5)59-42(65)48(13,20-3)58-45(68)51(16,32(8)9)60-41(64)47(12,19-2)55-38(61)35-26-23-27-36(52)28-35/h21-28,30-32,37H,18-20,29H2,1-17H3,(H,53,63)(H,54,66)(H,55,61)(H,56,62)(H,57,67)(H,58,68)(H,59,65)(H,60,64)/t37-,46-,47-,48-,49-,50-,51-/m0/s1. The van der Waals surface area contributed by atoms with Crippen molar-refractivity contribution in [2.75, 3.05) is 7.05 Å². The summed E-state index contributed by atoms with van der Waals surface area (Å²) < 4.78 is 0.688. The molecule has 17 heteroatoms. The maximum absolute atomic E-state index is 14.7. The van der Waals surface area contributed by atoms with Gasteiger partial charge in [-0.25, -0.2) is 0 Å². The molecule has 2 aromatic rings. The van der Waals surface area contributed by atoms with Crippen LogP contribution >= 0.6 is 15.9 Å². The van der Waals surface area contributed by atoms with E-state index in [1.54, 1.807) is 114 Å². The van der Waals surface area contributed by atoms with Gasteiger partial charge in [0, 0.05) is 23.5 Å². The van der Waals surface area contributed by atoms with Gasteiger partial charge in [0.1, 0.15) is 39.3 Å². The first-order chi connectivity index (χ1) is 31.3. The number of hydrogen-bond acceptors (Lipinski definition) is 8. The van der Waals surface area contributed by atoms with Crippen LogP contribution in [0.15, 0.2) is 53.0 Å². The van der Waals surface area contributed by atoms with Crippen LogP contribution in [0.5, 0.6) is 0 Å². The molecule has 2 rings (SSSR count). The third-order valence-electron chi connectivity index (χ3n) is 14.4. The number of carbonyl (C=O) groups excluding carboxylic acids is 8. The average Bonchev–Trinajstić information content (AvgIpc) is 3.28. The van der Waals surface area contributed by atoms with Gasteiger partial charge in [0.05, 0.1) is 0 Å². The molecule has 0 aliphatic heterocycles. The minimum Gasteiger partial charge on any atom is -0.357 e. The maximum Gasteiger partial charge on any atom is 0.252 e. The minimum absolute atomic E-state index is 0.0279. The lowest BCUT2D eigenvalue weighted by Crippen LogP contribution is -2.71. The Hall–Kier alpha value is -5.32. The van der Waals surface area contributed by atoms with E-state index in [2.05, 4.69) is 58.5 Å². The molecular formula is C51H79BrN8O8. The third kappa shape index (κ3) is 13.5. The summed E-state index contributed by atoms with van der Waals surface area (Å²) in [5.74, 6) is -6.36. The van der Waals surface area contributed by atoms with E-state index in [4.69, 9.17) is 0 Å². The van der Waals surface area contributed by atoms with E-state index in [-0.39, 0.29) is 25.7 Å². The number of halogens is 1. The molecule has 0 bridgehead atoms. The van der Waals surface area contributed by atoms with Crippen molar-refractivity contribution in [3.05, 3.63) is 69.7 Å². The largest absolute Gasteiger partial charge is 0.357 e. The molecule has 0 aliphatic rings. The lowest BCUT2D eigenvalue weighted by atomic mass is 9.83. The normalized spacial score (nSPS) is 17.2. The van der Waals surface area contributed by atoms with Gasteiger partial charge >= 0.3 is 0 Å². The van der Waals surface area contributed by atoms with Crippen molar-refractivity contribution in [2.45, 2.75) is 176 Å². The SMILES string of the molecule is CC[C@](C)(NC(=O)c1cccc(Br)c1)C(=O)N[C@](C)(C(=O)N[C@@](C)(CC)C(=O)N[C@](C)(C(=O)N[C@@H](Cc1ccccc1C)C(=O)N[C@](C)(C(=O)N[C@@](C)(CC)C(=O)NC)C(C)C)C(C)C)C(C)C. The van der Waals surface area contributed by atoms with Gasteiger partial charge in [0.25, 0.3) is 5.91 Å². The van der Waals surface area contributed by atoms with Crippen molar-refractivity contribution >= 4 is 63.2 Å². The summed E-state index contributed by atoms with van der Waals surface area (Å²) in [4.78, 5) is 113. The molecule has 0 aliphatic carbocycles. The van der Waals surface area contributed by atoms with Gasteiger partial charge in [-0.15, -0.1) is 0 Å². The van der Waals surface area contributed by atoms with E-state index in [0.29, 0.717) is 10.0 Å². The Morgan fingerprint density at radius 2 is 0.956 bits per heavy atom. The first-order valence-electron chi connectivity index (χ1n) is 23.6. The fourth-order valence-corrected chi connectivity index (χ4v) is 7.36. The zero-order valence-corrected chi connectivity index (χ0v) is 45.0. The molecule has 0 saturated carbocycles. The molecule has 2 aromatic carbocycles. The summed E-state index contributed by atoms with van der Waals surface area (Å²) in [6.07, 6.45) is 0.563. The van der Waals surface area contributed by atoms with Crippen LogP contribution in [0.3, 0.4) is 0 Å². The molecule has 0 heterocycles.